The number of benzene rings is 3. The summed E-state index contributed by atoms with van der Waals surface area (Å²) in [6, 6.07) is 17.9. The van der Waals surface area contributed by atoms with Crippen LogP contribution >= 0.6 is 0 Å². The van der Waals surface area contributed by atoms with Gasteiger partial charge in [0.1, 0.15) is 5.82 Å². The SMILES string of the molecule is CC(=O)NC1CCN(c2ccc(C(=O)Nc3cc(-c4ccc(F)cc4)ccc3NC(=O)O)cc2)C1. The minimum atomic E-state index is -1.26. The van der Waals surface area contributed by atoms with Crippen molar-refractivity contribution in [2.24, 2.45) is 0 Å². The molecule has 8 nitrogen and oxygen atoms in total. The van der Waals surface area contributed by atoms with Crippen LogP contribution in [0.1, 0.15) is 23.7 Å². The van der Waals surface area contributed by atoms with Crippen LogP contribution in [-0.2, 0) is 4.79 Å². The van der Waals surface area contributed by atoms with Gasteiger partial charge >= 0.3 is 6.09 Å². The fourth-order valence-corrected chi connectivity index (χ4v) is 4.11. The van der Waals surface area contributed by atoms with E-state index in [1.807, 2.05) is 12.1 Å². The van der Waals surface area contributed by atoms with E-state index in [2.05, 4.69) is 20.9 Å². The molecule has 9 heteroatoms. The highest BCUT2D eigenvalue weighted by Crippen LogP contribution is 2.30. The Morgan fingerprint density at radius 1 is 0.914 bits per heavy atom. The first-order chi connectivity index (χ1) is 16.8. The second-order valence-corrected chi connectivity index (χ2v) is 8.33. The number of hydrogen-bond acceptors (Lipinski definition) is 4. The minimum Gasteiger partial charge on any atom is -0.465 e. The number of carboxylic acid groups (broad SMARTS) is 1. The molecule has 1 atom stereocenters. The van der Waals surface area contributed by atoms with Crippen molar-refractivity contribution in [1.82, 2.24) is 5.32 Å². The van der Waals surface area contributed by atoms with Crippen molar-refractivity contribution >= 4 is 35.0 Å². The third-order valence-electron chi connectivity index (χ3n) is 5.78. The summed E-state index contributed by atoms with van der Waals surface area (Å²) in [5.41, 5.74) is 3.25. The molecule has 3 aromatic carbocycles. The number of carbonyl (C=O) groups excluding carboxylic acids is 2. The van der Waals surface area contributed by atoms with Crippen LogP contribution in [0.2, 0.25) is 0 Å². The number of rotatable bonds is 6. The lowest BCUT2D eigenvalue weighted by atomic mass is 10.0. The van der Waals surface area contributed by atoms with Crippen molar-refractivity contribution in [3.05, 3.63) is 78.1 Å². The molecule has 35 heavy (non-hydrogen) atoms. The topological polar surface area (TPSA) is 111 Å². The van der Waals surface area contributed by atoms with Crippen LogP contribution < -0.4 is 20.9 Å². The molecule has 1 fully saturated rings. The van der Waals surface area contributed by atoms with Crippen LogP contribution in [0.5, 0.6) is 0 Å². The summed E-state index contributed by atoms with van der Waals surface area (Å²) in [5.74, 6) is -0.822. The second kappa shape index (κ2) is 10.3. The highest BCUT2D eigenvalue weighted by atomic mass is 19.1. The summed E-state index contributed by atoms with van der Waals surface area (Å²) < 4.78 is 13.3. The number of anilines is 3. The maximum atomic E-state index is 13.3. The molecule has 0 bridgehead atoms. The Morgan fingerprint density at radius 2 is 1.60 bits per heavy atom. The van der Waals surface area contributed by atoms with Gasteiger partial charge in [-0.2, -0.15) is 0 Å². The molecule has 1 unspecified atom stereocenters. The first-order valence-corrected chi connectivity index (χ1v) is 11.1. The molecule has 1 aliphatic rings. The quantitative estimate of drug-likeness (QED) is 0.417. The molecular weight excluding hydrogens is 451 g/mol. The summed E-state index contributed by atoms with van der Waals surface area (Å²) >= 11 is 0. The first-order valence-electron chi connectivity index (χ1n) is 11.1. The van der Waals surface area contributed by atoms with Gasteiger partial charge in [0.15, 0.2) is 0 Å². The molecule has 1 saturated heterocycles. The van der Waals surface area contributed by atoms with Crippen LogP contribution in [0.25, 0.3) is 11.1 Å². The molecule has 3 amide bonds. The first kappa shape index (κ1) is 23.7. The van der Waals surface area contributed by atoms with Gasteiger partial charge < -0.3 is 20.6 Å². The van der Waals surface area contributed by atoms with Gasteiger partial charge in [0.2, 0.25) is 5.91 Å². The smallest absolute Gasteiger partial charge is 0.409 e. The Labute approximate surface area is 201 Å². The highest BCUT2D eigenvalue weighted by molar-refractivity contribution is 6.07. The zero-order chi connectivity index (χ0) is 24.9. The number of hydrogen-bond donors (Lipinski definition) is 4. The third kappa shape index (κ3) is 5.94. The van der Waals surface area contributed by atoms with Gasteiger partial charge in [-0.15, -0.1) is 0 Å². The zero-order valence-corrected chi connectivity index (χ0v) is 19.0. The molecule has 180 valence electrons. The number of carbonyl (C=O) groups is 3. The molecule has 3 aromatic rings. The lowest BCUT2D eigenvalue weighted by Crippen LogP contribution is -2.35. The van der Waals surface area contributed by atoms with Crippen molar-refractivity contribution in [2.45, 2.75) is 19.4 Å². The second-order valence-electron chi connectivity index (χ2n) is 8.33. The van der Waals surface area contributed by atoms with Crippen LogP contribution in [0, 0.1) is 5.82 Å². The van der Waals surface area contributed by atoms with E-state index in [1.165, 1.54) is 19.1 Å². The van der Waals surface area contributed by atoms with E-state index in [4.69, 9.17) is 5.11 Å². The van der Waals surface area contributed by atoms with Crippen LogP contribution in [0.3, 0.4) is 0 Å². The predicted octanol–water partition coefficient (Wildman–Crippen LogP) is 4.55. The molecule has 4 rings (SSSR count). The molecule has 0 spiro atoms. The van der Waals surface area contributed by atoms with Gasteiger partial charge in [-0.25, -0.2) is 9.18 Å². The standard InChI is InChI=1S/C26H25FN4O4/c1-16(32)28-21-12-13-31(15-21)22-9-4-18(5-10-22)25(33)29-24-14-19(6-11-23(24)30-26(34)35)17-2-7-20(27)8-3-17/h2-11,14,21,30H,12-13,15H2,1H3,(H,28,32)(H,29,33)(H,34,35). The third-order valence-corrected chi connectivity index (χ3v) is 5.78. The number of nitrogens with zero attached hydrogens (tertiary/aromatic N) is 1. The van der Waals surface area contributed by atoms with E-state index >= 15 is 0 Å². The molecule has 0 aromatic heterocycles. The van der Waals surface area contributed by atoms with Gasteiger partial charge in [0.25, 0.3) is 5.91 Å². The maximum absolute atomic E-state index is 13.3. The van der Waals surface area contributed by atoms with Crippen LogP contribution in [-0.4, -0.2) is 42.1 Å². The molecule has 0 aliphatic carbocycles. The molecule has 1 aliphatic heterocycles. The van der Waals surface area contributed by atoms with E-state index in [9.17, 15) is 18.8 Å². The zero-order valence-electron chi connectivity index (χ0n) is 19.0. The highest BCUT2D eigenvalue weighted by Gasteiger charge is 2.23. The largest absolute Gasteiger partial charge is 0.465 e. The maximum Gasteiger partial charge on any atom is 0.409 e. The number of amides is 3. The van der Waals surface area contributed by atoms with Gasteiger partial charge in [-0.3, -0.25) is 14.9 Å². The Bertz CT molecular complexity index is 1250. The lowest BCUT2D eigenvalue weighted by Gasteiger charge is -2.19. The summed E-state index contributed by atoms with van der Waals surface area (Å²) in [6.45, 7) is 3.01. The molecular formula is C26H25FN4O4. The van der Waals surface area contributed by atoms with Crippen molar-refractivity contribution in [3.63, 3.8) is 0 Å². The Balaban J connectivity index is 1.51. The number of nitrogens with one attached hydrogen (secondary N) is 3. The molecule has 4 N–H and O–H groups in total. The molecule has 0 radical (unpaired) electrons. The summed E-state index contributed by atoms with van der Waals surface area (Å²) in [6.07, 6.45) is -0.409. The van der Waals surface area contributed by atoms with Crippen LogP contribution in [0.15, 0.2) is 66.7 Å². The Kier molecular flexibility index (Phi) is 6.96. The average molecular weight is 477 g/mol. The minimum absolute atomic E-state index is 0.0517. The normalized spacial score (nSPS) is 14.9. The van der Waals surface area contributed by atoms with Crippen molar-refractivity contribution in [2.75, 3.05) is 28.6 Å². The van der Waals surface area contributed by atoms with E-state index in [0.29, 0.717) is 17.7 Å². The van der Waals surface area contributed by atoms with E-state index < -0.39 is 12.0 Å². The monoisotopic (exact) mass is 476 g/mol. The summed E-state index contributed by atoms with van der Waals surface area (Å²) in [5, 5.41) is 17.2. The van der Waals surface area contributed by atoms with Crippen molar-refractivity contribution < 1.29 is 23.9 Å². The average Bonchev–Trinajstić information content (AvgIpc) is 3.28. The van der Waals surface area contributed by atoms with Gasteiger partial charge in [-0.05, 0) is 66.1 Å². The fourth-order valence-electron chi connectivity index (χ4n) is 4.11. The van der Waals surface area contributed by atoms with Gasteiger partial charge in [0.05, 0.1) is 11.4 Å². The summed E-state index contributed by atoms with van der Waals surface area (Å²) in [4.78, 5) is 37.6. The van der Waals surface area contributed by atoms with E-state index in [-0.39, 0.29) is 29.1 Å². The molecule has 1 heterocycles. The van der Waals surface area contributed by atoms with Crippen molar-refractivity contribution in [3.8, 4) is 11.1 Å². The van der Waals surface area contributed by atoms with Gasteiger partial charge in [0, 0.05) is 37.3 Å². The van der Waals surface area contributed by atoms with Crippen LogP contribution in [0.4, 0.5) is 26.2 Å². The fraction of sp³-hybridized carbons (Fsp3) is 0.192. The van der Waals surface area contributed by atoms with E-state index in [0.717, 1.165) is 24.2 Å². The summed E-state index contributed by atoms with van der Waals surface area (Å²) in [7, 11) is 0. The Hall–Kier alpha value is -4.40. The molecule has 0 saturated carbocycles. The lowest BCUT2D eigenvalue weighted by molar-refractivity contribution is -0.119. The van der Waals surface area contributed by atoms with Gasteiger partial charge in [-0.1, -0.05) is 18.2 Å². The van der Waals surface area contributed by atoms with Crippen molar-refractivity contribution in [1.29, 1.82) is 0 Å². The Morgan fingerprint density at radius 3 is 2.26 bits per heavy atom. The van der Waals surface area contributed by atoms with E-state index in [1.54, 1.807) is 42.5 Å². The predicted molar refractivity (Wildman–Crippen MR) is 132 cm³/mol. The number of halogens is 1.